The summed E-state index contributed by atoms with van der Waals surface area (Å²) >= 11 is 0. The van der Waals surface area contributed by atoms with E-state index in [4.69, 9.17) is 9.47 Å². The predicted octanol–water partition coefficient (Wildman–Crippen LogP) is 5.71. The first-order valence-corrected chi connectivity index (χ1v) is 9.83. The van der Waals surface area contributed by atoms with Crippen molar-refractivity contribution in [1.29, 1.82) is 0 Å². The Morgan fingerprint density at radius 3 is 2.14 bits per heavy atom. The van der Waals surface area contributed by atoms with Crippen LogP contribution >= 0.6 is 0 Å². The van der Waals surface area contributed by atoms with Gasteiger partial charge in [-0.15, -0.1) is 0 Å². The normalized spacial score (nSPS) is 16.2. The fourth-order valence-electron chi connectivity index (χ4n) is 3.64. The van der Waals surface area contributed by atoms with Crippen molar-refractivity contribution in [1.82, 2.24) is 0 Å². The number of hydrogen-bond acceptors (Lipinski definition) is 4. The van der Waals surface area contributed by atoms with Gasteiger partial charge in [0.25, 0.3) is 0 Å². The molecule has 0 aromatic heterocycles. The van der Waals surface area contributed by atoms with Gasteiger partial charge in [0, 0.05) is 5.57 Å². The molecule has 1 aliphatic rings. The highest BCUT2D eigenvalue weighted by molar-refractivity contribution is 6.00. The van der Waals surface area contributed by atoms with Gasteiger partial charge in [-0.3, -0.25) is 0 Å². The highest BCUT2D eigenvalue weighted by Gasteiger charge is 2.20. The Morgan fingerprint density at radius 2 is 1.48 bits per heavy atom. The molecule has 0 saturated heterocycles. The number of rotatable bonds is 4. The first-order valence-electron chi connectivity index (χ1n) is 9.83. The van der Waals surface area contributed by atoms with Crippen LogP contribution in [0.3, 0.4) is 0 Å². The van der Waals surface area contributed by atoms with Crippen LogP contribution in [0.1, 0.15) is 36.5 Å². The summed E-state index contributed by atoms with van der Waals surface area (Å²) in [5, 5.41) is 1.44. The molecule has 1 aliphatic carbocycles. The van der Waals surface area contributed by atoms with Crippen LogP contribution in [0.2, 0.25) is 0 Å². The predicted molar refractivity (Wildman–Crippen MR) is 112 cm³/mol. The van der Waals surface area contributed by atoms with E-state index in [0.29, 0.717) is 33.9 Å². The van der Waals surface area contributed by atoms with E-state index in [2.05, 4.69) is 6.92 Å². The highest BCUT2D eigenvalue weighted by Crippen LogP contribution is 2.35. The molecule has 0 saturated carbocycles. The third kappa shape index (κ3) is 4.21. The molecular weight excluding hydrogens is 364 g/mol. The summed E-state index contributed by atoms with van der Waals surface area (Å²) in [4.78, 5) is 25.2. The van der Waals surface area contributed by atoms with Gasteiger partial charge in [-0.05, 0) is 54.8 Å². The Hall–Kier alpha value is -3.40. The summed E-state index contributed by atoms with van der Waals surface area (Å²) in [6.45, 7) is 2.10. The lowest BCUT2D eigenvalue weighted by Gasteiger charge is -2.17. The average molecular weight is 386 g/mol. The minimum atomic E-state index is -0.456. The SMILES string of the molecule is CC1C=C(C(=O)Oc2cccc3cccc(OC(=O)c4ccccc4)c23)CCC1. The Balaban J connectivity index is 1.66. The van der Waals surface area contributed by atoms with Gasteiger partial charge in [-0.25, -0.2) is 9.59 Å². The number of esters is 2. The molecule has 0 aliphatic heterocycles. The Kier molecular flexibility index (Phi) is 5.43. The molecule has 0 fully saturated rings. The van der Waals surface area contributed by atoms with Crippen LogP contribution in [0.15, 0.2) is 78.4 Å². The quantitative estimate of drug-likeness (QED) is 0.426. The molecule has 0 heterocycles. The van der Waals surface area contributed by atoms with Gasteiger partial charge in [-0.2, -0.15) is 0 Å². The summed E-state index contributed by atoms with van der Waals surface area (Å²) in [5.74, 6) is 0.339. The lowest BCUT2D eigenvalue weighted by Crippen LogP contribution is -2.15. The van der Waals surface area contributed by atoms with Gasteiger partial charge >= 0.3 is 11.9 Å². The van der Waals surface area contributed by atoms with Gasteiger partial charge in [0.2, 0.25) is 0 Å². The Morgan fingerprint density at radius 1 is 0.828 bits per heavy atom. The summed E-state index contributed by atoms with van der Waals surface area (Å²) < 4.78 is 11.4. The number of fused-ring (bicyclic) bond motifs is 1. The number of carbonyl (C=O) groups excluding carboxylic acids is 2. The number of hydrogen-bond donors (Lipinski definition) is 0. The molecule has 0 amide bonds. The third-order valence-corrected chi connectivity index (χ3v) is 5.10. The molecule has 146 valence electrons. The van der Waals surface area contributed by atoms with Crippen molar-refractivity contribution in [3.63, 3.8) is 0 Å². The molecule has 0 spiro atoms. The van der Waals surface area contributed by atoms with Crippen LogP contribution in [-0.4, -0.2) is 11.9 Å². The van der Waals surface area contributed by atoms with Crippen LogP contribution in [0.25, 0.3) is 10.8 Å². The van der Waals surface area contributed by atoms with Crippen LogP contribution < -0.4 is 9.47 Å². The van der Waals surface area contributed by atoms with E-state index in [-0.39, 0.29) is 5.97 Å². The molecule has 4 rings (SSSR count). The van der Waals surface area contributed by atoms with Crippen molar-refractivity contribution in [2.45, 2.75) is 26.2 Å². The standard InChI is InChI=1S/C25H22O4/c1-17-8-5-13-20(16-17)25(27)29-22-15-7-12-18-11-6-14-21(23(18)22)28-24(26)19-9-3-2-4-10-19/h2-4,6-7,9-12,14-17H,5,8,13H2,1H3. The number of benzene rings is 3. The van der Waals surface area contributed by atoms with E-state index in [1.807, 2.05) is 36.4 Å². The van der Waals surface area contributed by atoms with Crippen LogP contribution in [0.5, 0.6) is 11.5 Å². The maximum absolute atomic E-state index is 12.7. The van der Waals surface area contributed by atoms with Gasteiger partial charge in [0.15, 0.2) is 0 Å². The smallest absolute Gasteiger partial charge is 0.343 e. The van der Waals surface area contributed by atoms with Crippen LogP contribution in [0.4, 0.5) is 0 Å². The first kappa shape index (κ1) is 18.9. The Bertz CT molecular complexity index is 1080. The van der Waals surface area contributed by atoms with Crippen molar-refractivity contribution < 1.29 is 19.1 Å². The van der Waals surface area contributed by atoms with Crippen LogP contribution in [0, 0.1) is 5.92 Å². The molecular formula is C25H22O4. The molecule has 3 aromatic rings. The molecule has 4 nitrogen and oxygen atoms in total. The molecule has 29 heavy (non-hydrogen) atoms. The van der Waals surface area contributed by atoms with Crippen molar-refractivity contribution in [3.05, 3.63) is 83.9 Å². The molecule has 1 atom stereocenters. The van der Waals surface area contributed by atoms with Crippen molar-refractivity contribution in [2.24, 2.45) is 5.92 Å². The van der Waals surface area contributed by atoms with Gasteiger partial charge in [0.05, 0.1) is 10.9 Å². The maximum Gasteiger partial charge on any atom is 0.343 e. The van der Waals surface area contributed by atoms with E-state index >= 15 is 0 Å². The molecule has 4 heteroatoms. The van der Waals surface area contributed by atoms with Gasteiger partial charge in [-0.1, -0.05) is 55.5 Å². The van der Waals surface area contributed by atoms with E-state index in [9.17, 15) is 9.59 Å². The Labute approximate surface area is 169 Å². The van der Waals surface area contributed by atoms with Crippen molar-refractivity contribution >= 4 is 22.7 Å². The zero-order valence-corrected chi connectivity index (χ0v) is 16.3. The fraction of sp³-hybridized carbons (Fsp3) is 0.200. The summed E-state index contributed by atoms with van der Waals surface area (Å²) in [6, 6.07) is 19.7. The second-order valence-electron chi connectivity index (χ2n) is 7.32. The van der Waals surface area contributed by atoms with Gasteiger partial charge < -0.3 is 9.47 Å². The molecule has 1 unspecified atom stereocenters. The zero-order chi connectivity index (χ0) is 20.2. The molecule has 0 bridgehead atoms. The topological polar surface area (TPSA) is 52.6 Å². The average Bonchev–Trinajstić information content (AvgIpc) is 2.74. The highest BCUT2D eigenvalue weighted by atomic mass is 16.5. The summed E-state index contributed by atoms with van der Waals surface area (Å²) in [7, 11) is 0. The molecule has 3 aromatic carbocycles. The van der Waals surface area contributed by atoms with E-state index in [1.54, 1.807) is 36.4 Å². The van der Waals surface area contributed by atoms with Gasteiger partial charge in [0.1, 0.15) is 11.5 Å². The monoisotopic (exact) mass is 386 g/mol. The third-order valence-electron chi connectivity index (χ3n) is 5.10. The minimum Gasteiger partial charge on any atom is -0.422 e. The number of allylic oxidation sites excluding steroid dienone is 1. The zero-order valence-electron chi connectivity index (χ0n) is 16.3. The number of carbonyl (C=O) groups is 2. The fourth-order valence-corrected chi connectivity index (χ4v) is 3.64. The summed E-state index contributed by atoms with van der Waals surface area (Å²) in [6.07, 6.45) is 4.79. The van der Waals surface area contributed by atoms with E-state index in [0.717, 1.165) is 24.6 Å². The first-order chi connectivity index (χ1) is 14.1. The second kappa shape index (κ2) is 8.31. The summed E-state index contributed by atoms with van der Waals surface area (Å²) in [5.41, 5.74) is 1.17. The van der Waals surface area contributed by atoms with Crippen molar-refractivity contribution in [3.8, 4) is 11.5 Å². The second-order valence-corrected chi connectivity index (χ2v) is 7.32. The van der Waals surface area contributed by atoms with E-state index < -0.39 is 5.97 Å². The largest absolute Gasteiger partial charge is 0.422 e. The lowest BCUT2D eigenvalue weighted by atomic mass is 9.92. The molecule has 0 N–H and O–H groups in total. The molecule has 0 radical (unpaired) electrons. The van der Waals surface area contributed by atoms with Crippen LogP contribution in [-0.2, 0) is 4.79 Å². The lowest BCUT2D eigenvalue weighted by molar-refractivity contribution is -0.130. The van der Waals surface area contributed by atoms with Crippen molar-refractivity contribution in [2.75, 3.05) is 0 Å². The van der Waals surface area contributed by atoms with E-state index in [1.165, 1.54) is 0 Å². The maximum atomic E-state index is 12.7. The minimum absolute atomic E-state index is 0.340. The number of ether oxygens (including phenoxy) is 2.